The highest BCUT2D eigenvalue weighted by Gasteiger charge is 2.25. The minimum Gasteiger partial charge on any atom is -0.115 e. The Morgan fingerprint density at radius 3 is 2.65 bits per heavy atom. The lowest BCUT2D eigenvalue weighted by Gasteiger charge is -2.31. The fourth-order valence-electron chi connectivity index (χ4n) is 2.90. The molecule has 1 aromatic carbocycles. The molecule has 0 aliphatic carbocycles. The molecule has 1 aliphatic rings. The van der Waals surface area contributed by atoms with E-state index in [1.165, 1.54) is 12.0 Å². The summed E-state index contributed by atoms with van der Waals surface area (Å²) >= 11 is 0. The molecule has 0 spiro atoms. The summed E-state index contributed by atoms with van der Waals surface area (Å²) in [7, 11) is 0.928. The molecule has 0 saturated carbocycles. The Hall–Kier alpha value is -0.790. The summed E-state index contributed by atoms with van der Waals surface area (Å²) in [5.41, 5.74) is 4.89. The van der Waals surface area contributed by atoms with Gasteiger partial charge in [-0.2, -0.15) is 0 Å². The quantitative estimate of drug-likeness (QED) is 0.517. The van der Waals surface area contributed by atoms with Crippen LogP contribution in [0.5, 0.6) is 0 Å². The van der Waals surface area contributed by atoms with E-state index in [2.05, 4.69) is 45.7 Å². The highest BCUT2D eigenvalue weighted by atomic mass is 31.1. The van der Waals surface area contributed by atoms with Crippen LogP contribution in [0.4, 0.5) is 0 Å². The molecule has 0 radical (unpaired) electrons. The molecule has 17 heavy (non-hydrogen) atoms. The van der Waals surface area contributed by atoms with Gasteiger partial charge in [0.2, 0.25) is 0 Å². The van der Waals surface area contributed by atoms with Gasteiger partial charge in [0.25, 0.3) is 0 Å². The summed E-state index contributed by atoms with van der Waals surface area (Å²) in [6, 6.07) is 4.41. The lowest BCUT2D eigenvalue weighted by Crippen LogP contribution is -2.24. The van der Waals surface area contributed by atoms with E-state index in [1.807, 2.05) is 0 Å². The van der Waals surface area contributed by atoms with E-state index in [0.717, 1.165) is 19.8 Å². The van der Waals surface area contributed by atoms with Gasteiger partial charge in [-0.05, 0) is 46.4 Å². The molecule has 90 valence electrons. The fraction of sp³-hybridized carbons (Fsp3) is 0.500. The molecule has 0 saturated heterocycles. The summed E-state index contributed by atoms with van der Waals surface area (Å²) in [6.07, 6.45) is 6.96. The molecule has 0 aromatic heterocycles. The number of hydrogen-bond acceptors (Lipinski definition) is 0. The summed E-state index contributed by atoms with van der Waals surface area (Å²) in [5.74, 6) is 4.08. The number of benzene rings is 1. The van der Waals surface area contributed by atoms with Gasteiger partial charge in [-0.3, -0.25) is 0 Å². The van der Waals surface area contributed by atoms with Gasteiger partial charge >= 0.3 is 0 Å². The first-order valence-corrected chi connectivity index (χ1v) is 7.52. The predicted molar refractivity (Wildman–Crippen MR) is 78.9 cm³/mol. The molecule has 1 aromatic rings. The molecule has 3 unspecified atom stereocenters. The zero-order valence-electron chi connectivity index (χ0n) is 11.2. The van der Waals surface area contributed by atoms with Gasteiger partial charge in [0.05, 0.1) is 0 Å². The maximum absolute atomic E-state index is 5.64. The molecule has 0 nitrogen and oxygen atoms in total. The molecule has 2 rings (SSSR count). The fourth-order valence-corrected chi connectivity index (χ4v) is 4.94. The lowest BCUT2D eigenvalue weighted by atomic mass is 9.88. The monoisotopic (exact) mass is 244 g/mol. The number of hydrogen-bond donors (Lipinski definition) is 0. The molecular weight excluding hydrogens is 223 g/mol. The second kappa shape index (κ2) is 4.83. The third-order valence-corrected chi connectivity index (χ3v) is 5.21. The molecule has 0 N–H and O–H groups in total. The molecule has 1 heteroatoms. The minimum absolute atomic E-state index is 0.529. The highest BCUT2D eigenvalue weighted by molar-refractivity contribution is 7.48. The van der Waals surface area contributed by atoms with Crippen LogP contribution in [0.3, 0.4) is 0 Å². The van der Waals surface area contributed by atoms with Crippen LogP contribution in [0, 0.1) is 12.3 Å². The lowest BCUT2D eigenvalue weighted by molar-refractivity contribution is 0.666. The van der Waals surface area contributed by atoms with Gasteiger partial charge in [0, 0.05) is 5.56 Å². The minimum atomic E-state index is 0.529. The third-order valence-electron chi connectivity index (χ3n) is 3.64. The Labute approximate surface area is 107 Å². The largest absolute Gasteiger partial charge is 0.115 e. The van der Waals surface area contributed by atoms with Crippen LogP contribution in [-0.4, -0.2) is 5.66 Å². The number of fused-ring (bicyclic) bond motifs is 1. The van der Waals surface area contributed by atoms with E-state index in [4.69, 9.17) is 6.42 Å². The maximum atomic E-state index is 5.64. The van der Waals surface area contributed by atoms with E-state index in [0.29, 0.717) is 11.8 Å². The van der Waals surface area contributed by atoms with Crippen molar-refractivity contribution in [3.63, 3.8) is 0 Å². The molecule has 1 aliphatic heterocycles. The van der Waals surface area contributed by atoms with Crippen molar-refractivity contribution in [1.82, 2.24) is 0 Å². The van der Waals surface area contributed by atoms with Crippen LogP contribution in [0.25, 0.3) is 0 Å². The SMILES string of the molecule is C#Cc1ccc2c(c1C(C)C)PC(C)CC2C. The third kappa shape index (κ3) is 2.27. The van der Waals surface area contributed by atoms with E-state index in [-0.39, 0.29) is 0 Å². The standard InChI is InChI=1S/C16H21P/c1-6-13-7-8-14-11(4)9-12(5)17-16(14)15(13)10(2)3/h1,7-8,10-12,17H,9H2,2-5H3. The summed E-state index contributed by atoms with van der Waals surface area (Å²) in [5, 5.41) is 1.57. The van der Waals surface area contributed by atoms with Crippen LogP contribution < -0.4 is 5.30 Å². The van der Waals surface area contributed by atoms with Crippen molar-refractivity contribution >= 4 is 13.9 Å². The Morgan fingerprint density at radius 2 is 2.06 bits per heavy atom. The zero-order chi connectivity index (χ0) is 12.6. The van der Waals surface area contributed by atoms with Crippen molar-refractivity contribution in [2.75, 3.05) is 0 Å². The average molecular weight is 244 g/mol. The molecule has 0 bridgehead atoms. The van der Waals surface area contributed by atoms with Crippen molar-refractivity contribution in [1.29, 1.82) is 0 Å². The van der Waals surface area contributed by atoms with Crippen molar-refractivity contribution in [2.45, 2.75) is 51.6 Å². The van der Waals surface area contributed by atoms with Gasteiger partial charge in [0.1, 0.15) is 0 Å². The molecular formula is C16H21P. The Morgan fingerprint density at radius 1 is 1.35 bits per heavy atom. The second-order valence-electron chi connectivity index (χ2n) is 5.47. The molecule has 3 atom stereocenters. The van der Waals surface area contributed by atoms with E-state index in [9.17, 15) is 0 Å². The molecule has 1 heterocycles. The normalized spacial score (nSPS) is 24.7. The topological polar surface area (TPSA) is 0 Å². The molecule has 0 amide bonds. The van der Waals surface area contributed by atoms with Gasteiger partial charge < -0.3 is 0 Å². The van der Waals surface area contributed by atoms with Crippen LogP contribution >= 0.6 is 8.58 Å². The first-order valence-electron chi connectivity index (χ1n) is 6.44. The summed E-state index contributed by atoms with van der Waals surface area (Å²) < 4.78 is 0. The summed E-state index contributed by atoms with van der Waals surface area (Å²) in [4.78, 5) is 0. The van der Waals surface area contributed by atoms with Crippen molar-refractivity contribution < 1.29 is 0 Å². The Kier molecular flexibility index (Phi) is 3.60. The first-order chi connectivity index (χ1) is 8.04. The Balaban J connectivity index is 2.64. The van der Waals surface area contributed by atoms with E-state index < -0.39 is 0 Å². The first kappa shape index (κ1) is 12.7. The second-order valence-corrected chi connectivity index (χ2v) is 7.25. The van der Waals surface area contributed by atoms with Crippen LogP contribution in [-0.2, 0) is 0 Å². The van der Waals surface area contributed by atoms with Crippen LogP contribution in [0.1, 0.15) is 62.6 Å². The zero-order valence-corrected chi connectivity index (χ0v) is 12.2. The van der Waals surface area contributed by atoms with Gasteiger partial charge in [-0.1, -0.05) is 48.3 Å². The molecule has 0 fully saturated rings. The number of rotatable bonds is 1. The van der Waals surface area contributed by atoms with Gasteiger partial charge in [0.15, 0.2) is 0 Å². The Bertz CT molecular complexity index is 465. The van der Waals surface area contributed by atoms with Crippen molar-refractivity contribution in [3.8, 4) is 12.3 Å². The van der Waals surface area contributed by atoms with Crippen molar-refractivity contribution in [3.05, 3.63) is 28.8 Å². The maximum Gasteiger partial charge on any atom is 0.0283 e. The van der Waals surface area contributed by atoms with E-state index in [1.54, 1.807) is 10.9 Å². The summed E-state index contributed by atoms with van der Waals surface area (Å²) in [6.45, 7) is 9.22. The number of terminal acetylenes is 1. The van der Waals surface area contributed by atoms with Crippen molar-refractivity contribution in [2.24, 2.45) is 0 Å². The van der Waals surface area contributed by atoms with Crippen LogP contribution in [0.2, 0.25) is 0 Å². The van der Waals surface area contributed by atoms with Gasteiger partial charge in [-0.25, -0.2) is 0 Å². The van der Waals surface area contributed by atoms with Crippen LogP contribution in [0.15, 0.2) is 12.1 Å². The van der Waals surface area contributed by atoms with Gasteiger partial charge in [-0.15, -0.1) is 6.42 Å². The van der Waals surface area contributed by atoms with E-state index >= 15 is 0 Å². The highest BCUT2D eigenvalue weighted by Crippen LogP contribution is 2.40. The average Bonchev–Trinajstić information content (AvgIpc) is 2.26. The smallest absolute Gasteiger partial charge is 0.0283 e. The predicted octanol–water partition coefficient (Wildman–Crippen LogP) is 3.99.